The van der Waals surface area contributed by atoms with Gasteiger partial charge in [-0.2, -0.15) is 0 Å². The van der Waals surface area contributed by atoms with Crippen LogP contribution < -0.4 is 5.32 Å². The molecule has 1 aromatic carbocycles. The Morgan fingerprint density at radius 3 is 2.81 bits per heavy atom. The van der Waals surface area contributed by atoms with E-state index >= 15 is 0 Å². The maximum absolute atomic E-state index is 12.3. The second kappa shape index (κ2) is 6.72. The molecule has 5 nitrogen and oxygen atoms in total. The molecule has 0 fully saturated rings. The van der Waals surface area contributed by atoms with Gasteiger partial charge >= 0.3 is 5.97 Å². The van der Waals surface area contributed by atoms with Crippen LogP contribution in [0.3, 0.4) is 0 Å². The predicted octanol–water partition coefficient (Wildman–Crippen LogP) is 1.59. The molecule has 2 unspecified atom stereocenters. The van der Waals surface area contributed by atoms with Gasteiger partial charge in [-0.15, -0.1) is 0 Å². The fourth-order valence-electron chi connectivity index (χ4n) is 2.61. The summed E-state index contributed by atoms with van der Waals surface area (Å²) in [6.45, 7) is 4.68. The van der Waals surface area contributed by atoms with Crippen molar-refractivity contribution in [2.24, 2.45) is 0 Å². The minimum absolute atomic E-state index is 0.155. The normalized spacial score (nSPS) is 19.0. The van der Waals surface area contributed by atoms with Crippen LogP contribution in [0.4, 0.5) is 0 Å². The van der Waals surface area contributed by atoms with Crippen molar-refractivity contribution in [1.29, 1.82) is 0 Å². The van der Waals surface area contributed by atoms with Crippen LogP contribution in [-0.4, -0.2) is 41.0 Å². The number of aliphatic carboxylic acids is 1. The summed E-state index contributed by atoms with van der Waals surface area (Å²) in [5.74, 6) is -1.13. The number of rotatable bonds is 5. The molecule has 1 aliphatic rings. The summed E-state index contributed by atoms with van der Waals surface area (Å²) in [4.78, 5) is 25.4. The van der Waals surface area contributed by atoms with E-state index in [1.807, 2.05) is 32.0 Å². The minimum atomic E-state index is -0.973. The van der Waals surface area contributed by atoms with E-state index in [9.17, 15) is 14.7 Å². The van der Waals surface area contributed by atoms with E-state index in [1.165, 1.54) is 4.90 Å². The molecule has 0 aromatic heterocycles. The smallest absolute Gasteiger partial charge is 0.331 e. The molecule has 1 amide bonds. The molecule has 2 rings (SSSR count). The monoisotopic (exact) mass is 290 g/mol. The molecule has 0 radical (unpaired) electrons. The van der Waals surface area contributed by atoms with Crippen molar-refractivity contribution in [3.8, 4) is 0 Å². The van der Waals surface area contributed by atoms with Crippen molar-refractivity contribution in [3.63, 3.8) is 0 Å². The average molecular weight is 290 g/mol. The van der Waals surface area contributed by atoms with Gasteiger partial charge in [0.1, 0.15) is 0 Å². The van der Waals surface area contributed by atoms with Gasteiger partial charge in [0.15, 0.2) is 6.04 Å². The Bertz CT molecular complexity index is 530. The van der Waals surface area contributed by atoms with Crippen molar-refractivity contribution in [2.45, 2.75) is 38.8 Å². The third-order valence-electron chi connectivity index (χ3n) is 4.05. The third kappa shape index (κ3) is 3.42. The van der Waals surface area contributed by atoms with Crippen LogP contribution in [0.2, 0.25) is 0 Å². The first kappa shape index (κ1) is 15.5. The van der Waals surface area contributed by atoms with Gasteiger partial charge in [-0.25, -0.2) is 4.79 Å². The largest absolute Gasteiger partial charge is 0.479 e. The predicted molar refractivity (Wildman–Crippen MR) is 80.0 cm³/mol. The average Bonchev–Trinajstić information content (AvgIpc) is 2.50. The summed E-state index contributed by atoms with van der Waals surface area (Å²) in [5.41, 5.74) is 1.75. The lowest BCUT2D eigenvalue weighted by atomic mass is 9.92. The number of amides is 1. The molecule has 5 heteroatoms. The lowest BCUT2D eigenvalue weighted by Crippen LogP contribution is -2.47. The highest BCUT2D eigenvalue weighted by Gasteiger charge is 2.35. The molecule has 0 spiro atoms. The molecule has 1 aliphatic heterocycles. The molecule has 114 valence electrons. The quantitative estimate of drug-likeness (QED) is 0.864. The Morgan fingerprint density at radius 1 is 1.43 bits per heavy atom. The Morgan fingerprint density at radius 2 is 2.14 bits per heavy atom. The number of fused-ring (bicyclic) bond motifs is 1. The van der Waals surface area contributed by atoms with Crippen LogP contribution >= 0.6 is 0 Å². The standard InChI is InChI=1S/C16H22N2O3/c1-3-11(2)17-10-14(19)18-9-8-12-6-4-5-7-13(12)15(18)16(20)21/h4-7,11,15,17H,3,8-10H2,1-2H3,(H,20,21). The number of carbonyl (C=O) groups excluding carboxylic acids is 1. The molecule has 0 bridgehead atoms. The fraction of sp³-hybridized carbons (Fsp3) is 0.500. The summed E-state index contributed by atoms with van der Waals surface area (Å²) in [6, 6.07) is 6.83. The zero-order chi connectivity index (χ0) is 15.4. The molecule has 0 aliphatic carbocycles. The summed E-state index contributed by atoms with van der Waals surface area (Å²) < 4.78 is 0. The molecule has 0 saturated heterocycles. The zero-order valence-electron chi connectivity index (χ0n) is 12.5. The fourth-order valence-corrected chi connectivity index (χ4v) is 2.61. The summed E-state index contributed by atoms with van der Waals surface area (Å²) in [6.07, 6.45) is 1.63. The second-order valence-corrected chi connectivity index (χ2v) is 5.47. The molecule has 2 atom stereocenters. The number of carboxylic acid groups (broad SMARTS) is 1. The molecule has 2 N–H and O–H groups in total. The van der Waals surface area contributed by atoms with Crippen LogP contribution in [0.1, 0.15) is 37.4 Å². The number of hydrogen-bond donors (Lipinski definition) is 2. The molecular weight excluding hydrogens is 268 g/mol. The topological polar surface area (TPSA) is 69.6 Å². The summed E-state index contributed by atoms with van der Waals surface area (Å²) >= 11 is 0. The Balaban J connectivity index is 2.16. The van der Waals surface area contributed by atoms with E-state index in [1.54, 1.807) is 6.07 Å². The molecule has 1 aromatic rings. The lowest BCUT2D eigenvalue weighted by molar-refractivity contribution is -0.150. The van der Waals surface area contributed by atoms with E-state index in [2.05, 4.69) is 5.32 Å². The molecular formula is C16H22N2O3. The van der Waals surface area contributed by atoms with Crippen molar-refractivity contribution in [3.05, 3.63) is 35.4 Å². The van der Waals surface area contributed by atoms with Crippen molar-refractivity contribution in [1.82, 2.24) is 10.2 Å². The first-order chi connectivity index (χ1) is 10.0. The Kier molecular flexibility index (Phi) is 4.96. The third-order valence-corrected chi connectivity index (χ3v) is 4.05. The SMILES string of the molecule is CCC(C)NCC(=O)N1CCc2ccccc2C1C(=O)O. The van der Waals surface area contributed by atoms with E-state index in [0.717, 1.165) is 17.5 Å². The van der Waals surface area contributed by atoms with Gasteiger partial charge in [0.25, 0.3) is 0 Å². The van der Waals surface area contributed by atoms with Crippen molar-refractivity contribution < 1.29 is 14.7 Å². The highest BCUT2D eigenvalue weighted by Crippen LogP contribution is 2.29. The number of nitrogens with zero attached hydrogens (tertiary/aromatic N) is 1. The highest BCUT2D eigenvalue weighted by molar-refractivity contribution is 5.86. The van der Waals surface area contributed by atoms with E-state index in [0.29, 0.717) is 13.0 Å². The van der Waals surface area contributed by atoms with Crippen LogP contribution in [-0.2, 0) is 16.0 Å². The maximum Gasteiger partial charge on any atom is 0.331 e. The summed E-state index contributed by atoms with van der Waals surface area (Å²) in [5, 5.41) is 12.6. The number of carboxylic acids is 1. The van der Waals surface area contributed by atoms with E-state index in [4.69, 9.17) is 0 Å². The number of nitrogens with one attached hydrogen (secondary N) is 1. The van der Waals surface area contributed by atoms with Gasteiger partial charge in [0.2, 0.25) is 5.91 Å². The van der Waals surface area contributed by atoms with Gasteiger partial charge in [-0.3, -0.25) is 4.79 Å². The molecule has 0 saturated carbocycles. The van der Waals surface area contributed by atoms with Crippen LogP contribution in [0.25, 0.3) is 0 Å². The van der Waals surface area contributed by atoms with Gasteiger partial charge in [0.05, 0.1) is 6.54 Å². The van der Waals surface area contributed by atoms with E-state index in [-0.39, 0.29) is 18.5 Å². The molecule has 21 heavy (non-hydrogen) atoms. The first-order valence-corrected chi connectivity index (χ1v) is 7.38. The number of hydrogen-bond acceptors (Lipinski definition) is 3. The van der Waals surface area contributed by atoms with Gasteiger partial charge in [0, 0.05) is 12.6 Å². The van der Waals surface area contributed by atoms with Gasteiger partial charge < -0.3 is 15.3 Å². The summed E-state index contributed by atoms with van der Waals surface area (Å²) in [7, 11) is 0. The Labute approximate surface area is 125 Å². The Hall–Kier alpha value is -1.88. The van der Waals surface area contributed by atoms with Gasteiger partial charge in [-0.1, -0.05) is 31.2 Å². The lowest BCUT2D eigenvalue weighted by Gasteiger charge is -2.35. The van der Waals surface area contributed by atoms with E-state index < -0.39 is 12.0 Å². The molecule has 1 heterocycles. The second-order valence-electron chi connectivity index (χ2n) is 5.47. The van der Waals surface area contributed by atoms with Crippen LogP contribution in [0.5, 0.6) is 0 Å². The van der Waals surface area contributed by atoms with Gasteiger partial charge in [-0.05, 0) is 30.9 Å². The minimum Gasteiger partial charge on any atom is -0.479 e. The number of benzene rings is 1. The number of carbonyl (C=O) groups is 2. The van der Waals surface area contributed by atoms with Crippen molar-refractivity contribution in [2.75, 3.05) is 13.1 Å². The van der Waals surface area contributed by atoms with Crippen molar-refractivity contribution >= 4 is 11.9 Å². The highest BCUT2D eigenvalue weighted by atomic mass is 16.4. The maximum atomic E-state index is 12.3. The van der Waals surface area contributed by atoms with Crippen LogP contribution in [0.15, 0.2) is 24.3 Å². The zero-order valence-corrected chi connectivity index (χ0v) is 12.5. The first-order valence-electron chi connectivity index (χ1n) is 7.38. The van der Waals surface area contributed by atoms with Crippen LogP contribution in [0, 0.1) is 0 Å².